The van der Waals surface area contributed by atoms with E-state index < -0.39 is 20.9 Å². The molecule has 0 radical (unpaired) electrons. The molecule has 0 bridgehead atoms. The van der Waals surface area contributed by atoms with Crippen LogP contribution in [0.15, 0.2) is 59.5 Å². The van der Waals surface area contributed by atoms with Crippen molar-refractivity contribution in [2.75, 3.05) is 16.6 Å². The lowest BCUT2D eigenvalue weighted by atomic mass is 10.1. The van der Waals surface area contributed by atoms with E-state index in [2.05, 4.69) is 10.0 Å². The molecule has 0 heterocycles. The normalized spacial score (nSPS) is 11.1. The number of nitrogens with zero attached hydrogens (tertiary/aromatic N) is 1. The van der Waals surface area contributed by atoms with Crippen LogP contribution in [0.5, 0.6) is 5.75 Å². The van der Waals surface area contributed by atoms with Gasteiger partial charge in [0, 0.05) is 11.8 Å². The Morgan fingerprint density at radius 3 is 2.35 bits per heavy atom. The zero-order chi connectivity index (χ0) is 25.0. The molecule has 178 valence electrons. The fraction of sp³-hybridized carbons (Fsp3) is 0.208. The highest BCUT2D eigenvalue weighted by Gasteiger charge is 2.18. The summed E-state index contributed by atoms with van der Waals surface area (Å²) in [6.45, 7) is 6.72. The van der Waals surface area contributed by atoms with Crippen LogP contribution in [0.2, 0.25) is 0 Å². The van der Waals surface area contributed by atoms with Gasteiger partial charge in [0.15, 0.2) is 6.61 Å². The number of sulfonamides is 1. The number of anilines is 2. The molecule has 0 unspecified atom stereocenters. The lowest BCUT2D eigenvalue weighted by Crippen LogP contribution is -2.21. The van der Waals surface area contributed by atoms with E-state index in [4.69, 9.17) is 4.74 Å². The van der Waals surface area contributed by atoms with E-state index in [0.717, 1.165) is 11.1 Å². The maximum atomic E-state index is 12.8. The Labute approximate surface area is 198 Å². The molecule has 0 aliphatic heterocycles. The third-order valence-electron chi connectivity index (χ3n) is 5.35. The fourth-order valence-electron chi connectivity index (χ4n) is 3.26. The van der Waals surface area contributed by atoms with Gasteiger partial charge in [-0.15, -0.1) is 0 Å². The minimum atomic E-state index is -3.81. The third kappa shape index (κ3) is 5.70. The van der Waals surface area contributed by atoms with E-state index in [1.54, 1.807) is 32.0 Å². The number of rotatable bonds is 8. The summed E-state index contributed by atoms with van der Waals surface area (Å²) in [4.78, 5) is 22.9. The number of nitro groups is 1. The van der Waals surface area contributed by atoms with E-state index in [-0.39, 0.29) is 17.2 Å². The topological polar surface area (TPSA) is 128 Å². The van der Waals surface area contributed by atoms with Gasteiger partial charge >= 0.3 is 0 Å². The van der Waals surface area contributed by atoms with Crippen LogP contribution in [0.1, 0.15) is 22.3 Å². The number of carbonyl (C=O) groups is 1. The van der Waals surface area contributed by atoms with Gasteiger partial charge in [-0.25, -0.2) is 8.42 Å². The number of amides is 1. The molecule has 0 aliphatic carbocycles. The quantitative estimate of drug-likeness (QED) is 0.355. The number of benzene rings is 3. The summed E-state index contributed by atoms with van der Waals surface area (Å²) in [7, 11) is -3.81. The molecule has 3 rings (SSSR count). The molecule has 0 saturated carbocycles. The van der Waals surface area contributed by atoms with Gasteiger partial charge in [0.05, 0.1) is 21.1 Å². The average molecular weight is 484 g/mol. The van der Waals surface area contributed by atoms with Crippen LogP contribution in [0.25, 0.3) is 0 Å². The van der Waals surface area contributed by atoms with Crippen LogP contribution in [0.4, 0.5) is 17.1 Å². The summed E-state index contributed by atoms with van der Waals surface area (Å²) in [5, 5.41) is 13.6. The molecular weight excluding hydrogens is 458 g/mol. The van der Waals surface area contributed by atoms with E-state index in [9.17, 15) is 23.3 Å². The van der Waals surface area contributed by atoms with E-state index in [0.29, 0.717) is 28.3 Å². The van der Waals surface area contributed by atoms with E-state index in [1.807, 2.05) is 19.9 Å². The molecule has 1 amide bonds. The SMILES string of the molecule is Cc1ccc(NS(=O)(=O)c2ccc(OCC(=O)Nc3cccc([N+](=O)[O-])c3C)c(C)c2)cc1C. The predicted molar refractivity (Wildman–Crippen MR) is 130 cm³/mol. The second-order valence-corrected chi connectivity index (χ2v) is 9.56. The maximum Gasteiger partial charge on any atom is 0.274 e. The molecular formula is C24H25N3O6S. The van der Waals surface area contributed by atoms with Gasteiger partial charge in [-0.1, -0.05) is 12.1 Å². The Kier molecular flexibility index (Phi) is 7.21. The number of aryl methyl sites for hydroxylation is 3. The van der Waals surface area contributed by atoms with Crippen molar-refractivity contribution in [1.29, 1.82) is 0 Å². The molecule has 2 N–H and O–H groups in total. The molecule has 34 heavy (non-hydrogen) atoms. The van der Waals surface area contributed by atoms with E-state index >= 15 is 0 Å². The smallest absolute Gasteiger partial charge is 0.274 e. The Bertz CT molecular complexity index is 1370. The molecule has 0 aliphatic rings. The maximum absolute atomic E-state index is 12.8. The van der Waals surface area contributed by atoms with Crippen molar-refractivity contribution in [3.63, 3.8) is 0 Å². The van der Waals surface area contributed by atoms with Crippen LogP contribution >= 0.6 is 0 Å². The van der Waals surface area contributed by atoms with Gasteiger partial charge in [-0.3, -0.25) is 19.6 Å². The molecule has 3 aromatic carbocycles. The number of hydrogen-bond donors (Lipinski definition) is 2. The van der Waals surface area contributed by atoms with Gasteiger partial charge in [-0.05, 0) is 80.8 Å². The molecule has 3 aromatic rings. The zero-order valence-electron chi connectivity index (χ0n) is 19.2. The van der Waals surface area contributed by atoms with Crippen molar-refractivity contribution in [3.05, 3.63) is 87.0 Å². The summed E-state index contributed by atoms with van der Waals surface area (Å²) in [5.74, 6) is -0.160. The summed E-state index contributed by atoms with van der Waals surface area (Å²) in [6, 6.07) is 14.0. The predicted octanol–water partition coefficient (Wildman–Crippen LogP) is 4.65. The lowest BCUT2D eigenvalue weighted by molar-refractivity contribution is -0.385. The fourth-order valence-corrected chi connectivity index (χ4v) is 4.39. The number of ether oxygens (including phenoxy) is 1. The van der Waals surface area contributed by atoms with Crippen LogP contribution in [0.3, 0.4) is 0 Å². The number of hydrogen-bond acceptors (Lipinski definition) is 6. The first-order chi connectivity index (χ1) is 16.0. The van der Waals surface area contributed by atoms with Crippen molar-refractivity contribution in [1.82, 2.24) is 0 Å². The Morgan fingerprint density at radius 2 is 1.71 bits per heavy atom. The molecule has 0 atom stereocenters. The monoisotopic (exact) mass is 483 g/mol. The first kappa shape index (κ1) is 24.7. The second kappa shape index (κ2) is 9.92. The van der Waals surface area contributed by atoms with Crippen molar-refractivity contribution in [3.8, 4) is 5.75 Å². The summed E-state index contributed by atoms with van der Waals surface area (Å²) < 4.78 is 33.7. The Hall–Kier alpha value is -3.92. The standard InChI is InChI=1S/C24H25N3O6S/c1-15-8-9-19(12-16(15)2)26-34(31,32)20-10-11-23(17(3)13-20)33-14-24(28)25-21-6-5-7-22(18(21)4)27(29)30/h5-13,26H,14H2,1-4H3,(H,25,28). The molecule has 9 nitrogen and oxygen atoms in total. The summed E-state index contributed by atoms with van der Waals surface area (Å²) in [6.07, 6.45) is 0. The molecule has 0 spiro atoms. The van der Waals surface area contributed by atoms with Crippen molar-refractivity contribution in [2.24, 2.45) is 0 Å². The van der Waals surface area contributed by atoms with Gasteiger partial charge in [0.2, 0.25) is 0 Å². The van der Waals surface area contributed by atoms with Crippen molar-refractivity contribution < 1.29 is 22.9 Å². The van der Waals surface area contributed by atoms with Gasteiger partial charge in [0.1, 0.15) is 5.75 Å². The minimum Gasteiger partial charge on any atom is -0.483 e. The summed E-state index contributed by atoms with van der Waals surface area (Å²) in [5.41, 5.74) is 3.59. The number of nitro benzene ring substituents is 1. The molecule has 0 aromatic heterocycles. The van der Waals surface area contributed by atoms with Crippen LogP contribution < -0.4 is 14.8 Å². The highest BCUT2D eigenvalue weighted by molar-refractivity contribution is 7.92. The van der Waals surface area contributed by atoms with Gasteiger partial charge < -0.3 is 10.1 Å². The van der Waals surface area contributed by atoms with Crippen molar-refractivity contribution >= 4 is 33.0 Å². The largest absolute Gasteiger partial charge is 0.483 e. The van der Waals surface area contributed by atoms with Gasteiger partial charge in [-0.2, -0.15) is 0 Å². The van der Waals surface area contributed by atoms with Crippen molar-refractivity contribution in [2.45, 2.75) is 32.6 Å². The van der Waals surface area contributed by atoms with Gasteiger partial charge in [0.25, 0.3) is 21.6 Å². The number of carbonyl (C=O) groups excluding carboxylic acids is 1. The molecule has 0 fully saturated rings. The van der Waals surface area contributed by atoms with E-state index in [1.165, 1.54) is 30.3 Å². The Balaban J connectivity index is 1.67. The first-order valence-corrected chi connectivity index (χ1v) is 11.8. The van der Waals surface area contributed by atoms with Crippen LogP contribution in [0, 0.1) is 37.8 Å². The zero-order valence-corrected chi connectivity index (χ0v) is 20.0. The molecule has 0 saturated heterocycles. The summed E-state index contributed by atoms with van der Waals surface area (Å²) >= 11 is 0. The number of nitrogens with one attached hydrogen (secondary N) is 2. The second-order valence-electron chi connectivity index (χ2n) is 7.88. The lowest BCUT2D eigenvalue weighted by Gasteiger charge is -2.13. The highest BCUT2D eigenvalue weighted by atomic mass is 32.2. The third-order valence-corrected chi connectivity index (χ3v) is 6.73. The van der Waals surface area contributed by atoms with Crippen LogP contribution in [-0.4, -0.2) is 25.9 Å². The minimum absolute atomic E-state index is 0.0623. The first-order valence-electron chi connectivity index (χ1n) is 10.4. The highest BCUT2D eigenvalue weighted by Crippen LogP contribution is 2.26. The Morgan fingerprint density at radius 1 is 0.971 bits per heavy atom. The van der Waals surface area contributed by atoms with Crippen LogP contribution in [-0.2, 0) is 14.8 Å². The molecule has 10 heteroatoms. The average Bonchev–Trinajstić information content (AvgIpc) is 2.76.